The molecule has 6 nitrogen and oxygen atoms in total. The van der Waals surface area contributed by atoms with Crippen molar-refractivity contribution in [2.24, 2.45) is 5.84 Å². The van der Waals surface area contributed by atoms with Gasteiger partial charge < -0.3 is 10.1 Å². The Bertz CT molecular complexity index is 608. The average Bonchev–Trinajstić information content (AvgIpc) is 2.44. The van der Waals surface area contributed by atoms with Crippen LogP contribution in [0.15, 0.2) is 24.4 Å². The SMILES string of the molecule is CCOc1ccc(Nc2nc(NN)ncc2F)cc1F. The number of nitrogens with one attached hydrogen (secondary N) is 2. The second kappa shape index (κ2) is 6.11. The van der Waals surface area contributed by atoms with Crippen LogP contribution >= 0.6 is 0 Å². The predicted octanol–water partition coefficient (Wildman–Crippen LogP) is 2.18. The molecule has 2 rings (SSSR count). The number of rotatable bonds is 5. The Morgan fingerprint density at radius 3 is 2.75 bits per heavy atom. The molecule has 20 heavy (non-hydrogen) atoms. The topological polar surface area (TPSA) is 85.1 Å². The Labute approximate surface area is 114 Å². The summed E-state index contributed by atoms with van der Waals surface area (Å²) in [6.45, 7) is 2.11. The van der Waals surface area contributed by atoms with Crippen LogP contribution in [-0.2, 0) is 0 Å². The summed E-state index contributed by atoms with van der Waals surface area (Å²) < 4.78 is 32.3. The zero-order valence-electron chi connectivity index (χ0n) is 10.7. The number of ether oxygens (including phenoxy) is 1. The first-order chi connectivity index (χ1) is 9.63. The van der Waals surface area contributed by atoms with Crippen molar-refractivity contribution in [3.8, 4) is 5.75 Å². The molecule has 0 aliphatic rings. The van der Waals surface area contributed by atoms with Crippen LogP contribution in [0.3, 0.4) is 0 Å². The molecule has 1 heterocycles. The molecule has 0 aliphatic heterocycles. The van der Waals surface area contributed by atoms with Crippen LogP contribution in [0.2, 0.25) is 0 Å². The van der Waals surface area contributed by atoms with E-state index in [2.05, 4.69) is 20.7 Å². The zero-order valence-corrected chi connectivity index (χ0v) is 10.7. The summed E-state index contributed by atoms with van der Waals surface area (Å²) in [7, 11) is 0. The molecular weight excluding hydrogens is 268 g/mol. The Morgan fingerprint density at radius 1 is 1.30 bits per heavy atom. The molecule has 0 radical (unpaired) electrons. The quantitative estimate of drug-likeness (QED) is 0.575. The minimum absolute atomic E-state index is 0.0420. The summed E-state index contributed by atoms with van der Waals surface area (Å²) in [6.07, 6.45) is 0.954. The van der Waals surface area contributed by atoms with E-state index in [4.69, 9.17) is 10.6 Å². The van der Waals surface area contributed by atoms with E-state index < -0.39 is 11.6 Å². The van der Waals surface area contributed by atoms with Gasteiger partial charge in [0, 0.05) is 11.8 Å². The maximum Gasteiger partial charge on any atom is 0.239 e. The number of hydrogen-bond acceptors (Lipinski definition) is 6. The molecule has 8 heteroatoms. The van der Waals surface area contributed by atoms with Gasteiger partial charge in [-0.15, -0.1) is 0 Å². The van der Waals surface area contributed by atoms with Gasteiger partial charge in [0.05, 0.1) is 12.8 Å². The number of anilines is 3. The number of hydrazine groups is 1. The average molecular weight is 281 g/mol. The maximum absolute atomic E-state index is 13.7. The van der Waals surface area contributed by atoms with Gasteiger partial charge in [0.25, 0.3) is 0 Å². The van der Waals surface area contributed by atoms with E-state index in [-0.39, 0.29) is 17.5 Å². The predicted molar refractivity (Wildman–Crippen MR) is 70.7 cm³/mol. The molecule has 0 aliphatic carbocycles. The molecule has 0 bridgehead atoms. The fourth-order valence-corrected chi connectivity index (χ4v) is 1.51. The second-order valence-electron chi connectivity index (χ2n) is 3.74. The lowest BCUT2D eigenvalue weighted by molar-refractivity contribution is 0.321. The molecule has 0 saturated heterocycles. The summed E-state index contributed by atoms with van der Waals surface area (Å²) in [5, 5.41) is 2.64. The first-order valence-corrected chi connectivity index (χ1v) is 5.82. The van der Waals surface area contributed by atoms with Crippen LogP contribution in [0.4, 0.5) is 26.2 Å². The summed E-state index contributed by atoms with van der Waals surface area (Å²) in [4.78, 5) is 7.39. The van der Waals surface area contributed by atoms with Crippen molar-refractivity contribution in [1.29, 1.82) is 0 Å². The van der Waals surface area contributed by atoms with Crippen molar-refractivity contribution in [2.45, 2.75) is 6.92 Å². The number of hydrogen-bond donors (Lipinski definition) is 3. The molecule has 0 fully saturated rings. The fourth-order valence-electron chi connectivity index (χ4n) is 1.51. The summed E-state index contributed by atoms with van der Waals surface area (Å²) in [5.41, 5.74) is 2.52. The van der Waals surface area contributed by atoms with Crippen LogP contribution < -0.4 is 21.3 Å². The third kappa shape index (κ3) is 3.09. The molecule has 2 aromatic rings. The van der Waals surface area contributed by atoms with Crippen molar-refractivity contribution >= 4 is 17.5 Å². The van der Waals surface area contributed by atoms with Gasteiger partial charge in [0.15, 0.2) is 23.2 Å². The van der Waals surface area contributed by atoms with Crippen LogP contribution in [0.25, 0.3) is 0 Å². The van der Waals surface area contributed by atoms with Gasteiger partial charge in [0.1, 0.15) is 0 Å². The molecule has 1 aromatic carbocycles. The van der Waals surface area contributed by atoms with Gasteiger partial charge in [-0.05, 0) is 19.1 Å². The van der Waals surface area contributed by atoms with Crippen molar-refractivity contribution in [3.63, 3.8) is 0 Å². The maximum atomic E-state index is 13.7. The summed E-state index contributed by atoms with van der Waals surface area (Å²) >= 11 is 0. The third-order valence-corrected chi connectivity index (χ3v) is 2.37. The van der Waals surface area contributed by atoms with Gasteiger partial charge >= 0.3 is 0 Å². The van der Waals surface area contributed by atoms with E-state index in [1.54, 1.807) is 13.0 Å². The smallest absolute Gasteiger partial charge is 0.239 e. The highest BCUT2D eigenvalue weighted by Crippen LogP contribution is 2.24. The number of nitrogen functional groups attached to an aromatic ring is 1. The lowest BCUT2D eigenvalue weighted by atomic mass is 10.3. The first kappa shape index (κ1) is 13.9. The fraction of sp³-hybridized carbons (Fsp3) is 0.167. The Kier molecular flexibility index (Phi) is 4.26. The lowest BCUT2D eigenvalue weighted by Crippen LogP contribution is -2.12. The van der Waals surface area contributed by atoms with E-state index >= 15 is 0 Å². The van der Waals surface area contributed by atoms with Gasteiger partial charge in [-0.2, -0.15) is 4.98 Å². The molecule has 0 amide bonds. The van der Waals surface area contributed by atoms with Gasteiger partial charge in [0.2, 0.25) is 5.95 Å². The van der Waals surface area contributed by atoms with Crippen molar-refractivity contribution in [3.05, 3.63) is 36.0 Å². The second-order valence-corrected chi connectivity index (χ2v) is 3.74. The number of halogens is 2. The highest BCUT2D eigenvalue weighted by molar-refractivity contribution is 5.58. The van der Waals surface area contributed by atoms with Crippen molar-refractivity contribution < 1.29 is 13.5 Å². The zero-order chi connectivity index (χ0) is 14.5. The minimum atomic E-state index is -0.682. The molecule has 4 N–H and O–H groups in total. The molecule has 0 saturated carbocycles. The van der Waals surface area contributed by atoms with Crippen LogP contribution in [0.5, 0.6) is 5.75 Å². The van der Waals surface area contributed by atoms with E-state index in [9.17, 15) is 8.78 Å². The van der Waals surface area contributed by atoms with Gasteiger partial charge in [-0.3, -0.25) is 5.43 Å². The lowest BCUT2D eigenvalue weighted by Gasteiger charge is -2.10. The normalized spacial score (nSPS) is 10.2. The molecule has 1 aromatic heterocycles. The number of nitrogens with two attached hydrogens (primary N) is 1. The van der Waals surface area contributed by atoms with E-state index in [0.29, 0.717) is 12.3 Å². The van der Waals surface area contributed by atoms with Crippen LogP contribution in [0.1, 0.15) is 6.92 Å². The highest BCUT2D eigenvalue weighted by Gasteiger charge is 2.09. The standard InChI is InChI=1S/C12H13F2N5O/c1-2-20-10-4-3-7(5-8(10)13)17-11-9(14)6-16-12(18-11)19-15/h3-6H,2,15H2,1H3,(H2,16,17,18,19). The van der Waals surface area contributed by atoms with Crippen molar-refractivity contribution in [1.82, 2.24) is 9.97 Å². The van der Waals surface area contributed by atoms with E-state index in [1.807, 2.05) is 0 Å². The Morgan fingerprint density at radius 2 is 2.10 bits per heavy atom. The molecule has 0 unspecified atom stereocenters. The van der Waals surface area contributed by atoms with E-state index in [1.165, 1.54) is 12.1 Å². The number of benzene rings is 1. The summed E-state index contributed by atoms with van der Waals surface area (Å²) in [5.74, 6) is 3.96. The molecule has 0 atom stereocenters. The van der Waals surface area contributed by atoms with Gasteiger partial charge in [-0.25, -0.2) is 19.6 Å². The van der Waals surface area contributed by atoms with Crippen LogP contribution in [0, 0.1) is 11.6 Å². The Hall–Kier alpha value is -2.48. The monoisotopic (exact) mass is 281 g/mol. The molecule has 106 valence electrons. The number of nitrogens with zero attached hydrogens (tertiary/aromatic N) is 2. The molecular formula is C12H13F2N5O. The Balaban J connectivity index is 2.23. The largest absolute Gasteiger partial charge is 0.491 e. The van der Waals surface area contributed by atoms with E-state index in [0.717, 1.165) is 6.20 Å². The van der Waals surface area contributed by atoms with Crippen molar-refractivity contribution in [2.75, 3.05) is 17.3 Å². The first-order valence-electron chi connectivity index (χ1n) is 5.82. The third-order valence-electron chi connectivity index (χ3n) is 2.37. The van der Waals surface area contributed by atoms with Gasteiger partial charge in [-0.1, -0.05) is 0 Å². The number of aromatic nitrogens is 2. The van der Waals surface area contributed by atoms with Crippen LogP contribution in [-0.4, -0.2) is 16.6 Å². The summed E-state index contributed by atoms with van der Waals surface area (Å²) in [6, 6.07) is 4.18. The minimum Gasteiger partial charge on any atom is -0.491 e. The molecule has 0 spiro atoms. The highest BCUT2D eigenvalue weighted by atomic mass is 19.1.